The van der Waals surface area contributed by atoms with E-state index >= 15 is 0 Å². The standard InChI is InChI=1S/C18H31N3/c1-5-6-18-11-20-17(7-14(2)3)13-21(18)12-16-8-15(4)9-19-10-16/h8-10,14,17-18,20H,5-7,11-13H2,1-4H3. The van der Waals surface area contributed by atoms with Crippen molar-refractivity contribution in [2.24, 2.45) is 5.92 Å². The highest BCUT2D eigenvalue weighted by atomic mass is 15.2. The first-order valence-electron chi connectivity index (χ1n) is 8.46. The molecule has 2 rings (SSSR count). The summed E-state index contributed by atoms with van der Waals surface area (Å²) in [4.78, 5) is 7.02. The van der Waals surface area contributed by atoms with E-state index in [0.29, 0.717) is 12.1 Å². The number of piperazine rings is 1. The summed E-state index contributed by atoms with van der Waals surface area (Å²) in [5.41, 5.74) is 2.61. The molecule has 0 radical (unpaired) electrons. The van der Waals surface area contributed by atoms with Crippen molar-refractivity contribution in [1.29, 1.82) is 0 Å². The average molecular weight is 289 g/mol. The largest absolute Gasteiger partial charge is 0.311 e. The van der Waals surface area contributed by atoms with Crippen molar-refractivity contribution in [3.63, 3.8) is 0 Å². The van der Waals surface area contributed by atoms with Crippen LogP contribution in [0.4, 0.5) is 0 Å². The second kappa shape index (κ2) is 7.90. The van der Waals surface area contributed by atoms with Crippen LogP contribution in [0.3, 0.4) is 0 Å². The zero-order valence-corrected chi connectivity index (χ0v) is 14.1. The van der Waals surface area contributed by atoms with Crippen molar-refractivity contribution in [1.82, 2.24) is 15.2 Å². The molecule has 1 aromatic rings. The van der Waals surface area contributed by atoms with Crippen LogP contribution in [0.2, 0.25) is 0 Å². The minimum Gasteiger partial charge on any atom is -0.311 e. The molecule has 3 nitrogen and oxygen atoms in total. The Morgan fingerprint density at radius 1 is 1.38 bits per heavy atom. The second-order valence-corrected chi connectivity index (χ2v) is 6.98. The summed E-state index contributed by atoms with van der Waals surface area (Å²) in [7, 11) is 0. The molecule has 1 aliphatic rings. The molecule has 118 valence electrons. The van der Waals surface area contributed by atoms with Crippen LogP contribution < -0.4 is 5.32 Å². The molecule has 1 N–H and O–H groups in total. The highest BCUT2D eigenvalue weighted by Crippen LogP contribution is 2.19. The second-order valence-electron chi connectivity index (χ2n) is 6.98. The molecule has 21 heavy (non-hydrogen) atoms. The number of nitrogens with zero attached hydrogens (tertiary/aromatic N) is 2. The van der Waals surface area contributed by atoms with Gasteiger partial charge >= 0.3 is 0 Å². The van der Waals surface area contributed by atoms with Gasteiger partial charge in [0.2, 0.25) is 0 Å². The molecule has 0 amide bonds. The van der Waals surface area contributed by atoms with Gasteiger partial charge in [-0.15, -0.1) is 0 Å². The Morgan fingerprint density at radius 2 is 2.19 bits per heavy atom. The van der Waals surface area contributed by atoms with Gasteiger partial charge in [-0.3, -0.25) is 9.88 Å². The van der Waals surface area contributed by atoms with Crippen LogP contribution >= 0.6 is 0 Å². The highest BCUT2D eigenvalue weighted by Gasteiger charge is 2.27. The van der Waals surface area contributed by atoms with Crippen LogP contribution in [0.1, 0.15) is 51.2 Å². The molecule has 3 heteroatoms. The van der Waals surface area contributed by atoms with Crippen molar-refractivity contribution >= 4 is 0 Å². The van der Waals surface area contributed by atoms with Crippen LogP contribution in [-0.2, 0) is 6.54 Å². The van der Waals surface area contributed by atoms with E-state index in [0.717, 1.165) is 25.6 Å². The topological polar surface area (TPSA) is 28.2 Å². The highest BCUT2D eigenvalue weighted by molar-refractivity contribution is 5.16. The molecule has 2 heterocycles. The third-order valence-electron chi connectivity index (χ3n) is 4.31. The van der Waals surface area contributed by atoms with Gasteiger partial charge in [0.15, 0.2) is 0 Å². The van der Waals surface area contributed by atoms with Crippen molar-refractivity contribution in [3.05, 3.63) is 29.6 Å². The zero-order chi connectivity index (χ0) is 15.2. The number of aryl methyl sites for hydroxylation is 1. The van der Waals surface area contributed by atoms with Crippen LogP contribution in [0, 0.1) is 12.8 Å². The molecular formula is C18H31N3. The first kappa shape index (κ1) is 16.4. The Balaban J connectivity index is 2.02. The number of pyridine rings is 1. The summed E-state index contributed by atoms with van der Waals surface area (Å²) in [6, 6.07) is 3.57. The summed E-state index contributed by atoms with van der Waals surface area (Å²) in [6.45, 7) is 12.4. The summed E-state index contributed by atoms with van der Waals surface area (Å²) in [6.07, 6.45) is 7.76. The third-order valence-corrected chi connectivity index (χ3v) is 4.31. The van der Waals surface area contributed by atoms with E-state index in [2.05, 4.69) is 49.0 Å². The van der Waals surface area contributed by atoms with Crippen molar-refractivity contribution < 1.29 is 0 Å². The van der Waals surface area contributed by atoms with E-state index < -0.39 is 0 Å². The van der Waals surface area contributed by atoms with Crippen LogP contribution in [0.15, 0.2) is 18.5 Å². The molecule has 1 fully saturated rings. The summed E-state index contributed by atoms with van der Waals surface area (Å²) >= 11 is 0. The molecular weight excluding hydrogens is 258 g/mol. The Labute approximate surface area is 130 Å². The maximum Gasteiger partial charge on any atom is 0.0313 e. The van der Waals surface area contributed by atoms with Gasteiger partial charge in [0.1, 0.15) is 0 Å². The fourth-order valence-electron chi connectivity index (χ4n) is 3.41. The molecule has 0 spiro atoms. The van der Waals surface area contributed by atoms with E-state index in [1.807, 2.05) is 12.4 Å². The van der Waals surface area contributed by atoms with Crippen molar-refractivity contribution in [3.8, 4) is 0 Å². The number of hydrogen-bond acceptors (Lipinski definition) is 3. The van der Waals surface area contributed by atoms with Gasteiger partial charge < -0.3 is 5.32 Å². The Bertz CT molecular complexity index is 430. The first-order chi connectivity index (χ1) is 10.1. The predicted molar refractivity (Wildman–Crippen MR) is 89.3 cm³/mol. The quantitative estimate of drug-likeness (QED) is 0.870. The van der Waals surface area contributed by atoms with E-state index in [4.69, 9.17) is 0 Å². The van der Waals surface area contributed by atoms with Crippen LogP contribution in [0.25, 0.3) is 0 Å². The average Bonchev–Trinajstić information content (AvgIpc) is 2.41. The zero-order valence-electron chi connectivity index (χ0n) is 14.1. The smallest absolute Gasteiger partial charge is 0.0313 e. The Hall–Kier alpha value is -0.930. The number of nitrogens with one attached hydrogen (secondary N) is 1. The van der Waals surface area contributed by atoms with E-state index in [-0.39, 0.29) is 0 Å². The maximum atomic E-state index is 4.35. The fourth-order valence-corrected chi connectivity index (χ4v) is 3.41. The lowest BCUT2D eigenvalue weighted by Gasteiger charge is -2.41. The van der Waals surface area contributed by atoms with Gasteiger partial charge in [0.25, 0.3) is 0 Å². The molecule has 0 bridgehead atoms. The molecule has 0 aliphatic carbocycles. The molecule has 2 unspecified atom stereocenters. The predicted octanol–water partition coefficient (Wildman–Crippen LogP) is 3.38. The van der Waals surface area contributed by atoms with Gasteiger partial charge in [-0.1, -0.05) is 33.3 Å². The van der Waals surface area contributed by atoms with Gasteiger partial charge in [-0.25, -0.2) is 0 Å². The van der Waals surface area contributed by atoms with Gasteiger partial charge in [-0.05, 0) is 36.8 Å². The molecule has 1 aliphatic heterocycles. The molecule has 1 saturated heterocycles. The van der Waals surface area contributed by atoms with Gasteiger partial charge in [0.05, 0.1) is 0 Å². The summed E-state index contributed by atoms with van der Waals surface area (Å²) in [5.74, 6) is 0.757. The van der Waals surface area contributed by atoms with Crippen molar-refractivity contribution in [2.45, 2.75) is 65.6 Å². The minimum absolute atomic E-state index is 0.635. The van der Waals surface area contributed by atoms with Gasteiger partial charge in [0, 0.05) is 44.1 Å². The third kappa shape index (κ3) is 5.08. The lowest BCUT2D eigenvalue weighted by atomic mass is 9.97. The summed E-state index contributed by atoms with van der Waals surface area (Å²) in [5, 5.41) is 3.76. The lowest BCUT2D eigenvalue weighted by molar-refractivity contribution is 0.107. The first-order valence-corrected chi connectivity index (χ1v) is 8.46. The van der Waals surface area contributed by atoms with E-state index in [1.165, 1.54) is 30.4 Å². The number of aromatic nitrogens is 1. The van der Waals surface area contributed by atoms with E-state index in [1.54, 1.807) is 0 Å². The SMILES string of the molecule is CCCC1CNC(CC(C)C)CN1Cc1cncc(C)c1. The Morgan fingerprint density at radius 3 is 2.86 bits per heavy atom. The number of hydrogen-bond donors (Lipinski definition) is 1. The Kier molecular flexibility index (Phi) is 6.19. The molecule has 2 atom stereocenters. The normalized spacial score (nSPS) is 23.7. The van der Waals surface area contributed by atoms with Crippen molar-refractivity contribution in [2.75, 3.05) is 13.1 Å². The molecule has 0 aromatic carbocycles. The maximum absolute atomic E-state index is 4.35. The van der Waals surface area contributed by atoms with Crippen LogP contribution in [0.5, 0.6) is 0 Å². The van der Waals surface area contributed by atoms with E-state index in [9.17, 15) is 0 Å². The molecule has 0 saturated carbocycles. The summed E-state index contributed by atoms with van der Waals surface area (Å²) < 4.78 is 0. The minimum atomic E-state index is 0.635. The van der Waals surface area contributed by atoms with Crippen LogP contribution in [-0.4, -0.2) is 35.1 Å². The monoisotopic (exact) mass is 289 g/mol. The molecule has 1 aromatic heterocycles. The lowest BCUT2D eigenvalue weighted by Crippen LogP contribution is -2.56. The fraction of sp³-hybridized carbons (Fsp3) is 0.722. The number of rotatable bonds is 6. The van der Waals surface area contributed by atoms with Gasteiger partial charge in [-0.2, -0.15) is 0 Å².